The summed E-state index contributed by atoms with van der Waals surface area (Å²) in [6.45, 7) is 1.38. The van der Waals surface area contributed by atoms with Crippen molar-refractivity contribution in [2.45, 2.75) is 0 Å². The highest BCUT2D eigenvalue weighted by molar-refractivity contribution is 5.94. The predicted molar refractivity (Wildman–Crippen MR) is 60.4 cm³/mol. The van der Waals surface area contributed by atoms with Gasteiger partial charge in [-0.3, -0.25) is 0 Å². The first kappa shape index (κ1) is 12.4. The molecule has 5 heteroatoms. The van der Waals surface area contributed by atoms with Crippen molar-refractivity contribution < 1.29 is 14.3 Å². The van der Waals surface area contributed by atoms with Crippen molar-refractivity contribution in [3.8, 4) is 0 Å². The lowest BCUT2D eigenvalue weighted by Crippen LogP contribution is -2.21. The van der Waals surface area contributed by atoms with Gasteiger partial charge in [0.15, 0.2) is 0 Å². The van der Waals surface area contributed by atoms with Crippen LogP contribution in [-0.2, 0) is 0 Å². The Morgan fingerprint density at radius 1 is 1.50 bits per heavy atom. The number of nitrogens with zero attached hydrogens (tertiary/aromatic N) is 1. The van der Waals surface area contributed by atoms with E-state index in [0.29, 0.717) is 12.2 Å². The van der Waals surface area contributed by atoms with E-state index >= 15 is 0 Å². The third-order valence-corrected chi connectivity index (χ3v) is 2.09. The molecule has 1 aromatic carbocycles. The van der Waals surface area contributed by atoms with E-state index in [1.54, 1.807) is 0 Å². The molecular weight excluding hydrogens is 211 g/mol. The Morgan fingerprint density at radius 3 is 2.75 bits per heavy atom. The Kier molecular flexibility index (Phi) is 4.25. The Balaban J connectivity index is 2.75. The normalized spacial score (nSPS) is 10.5. The lowest BCUT2D eigenvalue weighted by molar-refractivity contribution is 0.0697. The van der Waals surface area contributed by atoms with Crippen molar-refractivity contribution in [1.82, 2.24) is 4.90 Å². The number of hydrogen-bond acceptors (Lipinski definition) is 3. The average molecular weight is 226 g/mol. The van der Waals surface area contributed by atoms with E-state index in [2.05, 4.69) is 5.32 Å². The number of likely N-dealkylation sites (N-methyl/N-ethyl adjacent to an activating group) is 1. The van der Waals surface area contributed by atoms with Gasteiger partial charge < -0.3 is 15.3 Å². The summed E-state index contributed by atoms with van der Waals surface area (Å²) in [6, 6.07) is 3.69. The van der Waals surface area contributed by atoms with E-state index in [0.717, 1.165) is 12.6 Å². The molecular formula is C11H15FN2O2. The molecule has 0 atom stereocenters. The summed E-state index contributed by atoms with van der Waals surface area (Å²) in [4.78, 5) is 12.8. The van der Waals surface area contributed by atoms with Gasteiger partial charge >= 0.3 is 5.97 Å². The first-order valence-corrected chi connectivity index (χ1v) is 4.92. The van der Waals surface area contributed by atoms with Gasteiger partial charge in [-0.25, -0.2) is 9.18 Å². The molecule has 4 nitrogen and oxygen atoms in total. The number of carbonyl (C=O) groups is 1. The Morgan fingerprint density at radius 2 is 2.19 bits per heavy atom. The third-order valence-electron chi connectivity index (χ3n) is 2.09. The number of carboxylic acids is 1. The Bertz CT molecular complexity index is 380. The minimum Gasteiger partial charge on any atom is -0.478 e. The summed E-state index contributed by atoms with van der Waals surface area (Å²) < 4.78 is 12.9. The summed E-state index contributed by atoms with van der Waals surface area (Å²) >= 11 is 0. The maximum atomic E-state index is 12.9. The van der Waals surface area contributed by atoms with Gasteiger partial charge in [0.05, 0.1) is 5.56 Å². The highest BCUT2D eigenvalue weighted by atomic mass is 19.1. The standard InChI is InChI=1S/C11H15FN2O2/c1-14(2)6-5-13-10-4-3-8(12)7-9(10)11(15)16/h3-4,7,13H,5-6H2,1-2H3,(H,15,16). The molecule has 0 saturated carbocycles. The van der Waals surface area contributed by atoms with Gasteiger partial charge in [-0.15, -0.1) is 0 Å². The van der Waals surface area contributed by atoms with Crippen LogP contribution in [0.5, 0.6) is 0 Å². The number of rotatable bonds is 5. The molecule has 0 aliphatic heterocycles. The van der Waals surface area contributed by atoms with Crippen molar-refractivity contribution in [2.75, 3.05) is 32.5 Å². The van der Waals surface area contributed by atoms with E-state index in [4.69, 9.17) is 5.11 Å². The van der Waals surface area contributed by atoms with Crippen LogP contribution in [-0.4, -0.2) is 43.2 Å². The monoisotopic (exact) mass is 226 g/mol. The van der Waals surface area contributed by atoms with Crippen LogP contribution >= 0.6 is 0 Å². The minimum absolute atomic E-state index is 0.0428. The highest BCUT2D eigenvalue weighted by Gasteiger charge is 2.10. The fraction of sp³-hybridized carbons (Fsp3) is 0.364. The molecule has 1 aromatic rings. The molecule has 0 saturated heterocycles. The summed E-state index contributed by atoms with van der Waals surface area (Å²) in [5.74, 6) is -1.68. The lowest BCUT2D eigenvalue weighted by atomic mass is 10.1. The van der Waals surface area contributed by atoms with Crippen LogP contribution in [0.4, 0.5) is 10.1 Å². The second-order valence-electron chi connectivity index (χ2n) is 3.73. The quantitative estimate of drug-likeness (QED) is 0.798. The Labute approximate surface area is 93.7 Å². The van der Waals surface area contributed by atoms with Crippen LogP contribution < -0.4 is 5.32 Å². The SMILES string of the molecule is CN(C)CCNc1ccc(F)cc1C(=O)O. The third kappa shape index (κ3) is 3.51. The van der Waals surface area contributed by atoms with Crippen LogP contribution in [0.3, 0.4) is 0 Å². The van der Waals surface area contributed by atoms with Gasteiger partial charge in [0.25, 0.3) is 0 Å². The summed E-state index contributed by atoms with van der Waals surface area (Å²) in [7, 11) is 3.84. The van der Waals surface area contributed by atoms with Crippen LogP contribution in [0.1, 0.15) is 10.4 Å². The molecule has 1 rings (SSSR count). The Hall–Kier alpha value is -1.62. The van der Waals surface area contributed by atoms with Crippen molar-refractivity contribution >= 4 is 11.7 Å². The predicted octanol–water partition coefficient (Wildman–Crippen LogP) is 1.50. The molecule has 2 N–H and O–H groups in total. The lowest BCUT2D eigenvalue weighted by Gasteiger charge is -2.12. The minimum atomic E-state index is -1.13. The second-order valence-corrected chi connectivity index (χ2v) is 3.73. The molecule has 0 heterocycles. The number of carboxylic acid groups (broad SMARTS) is 1. The van der Waals surface area contributed by atoms with E-state index < -0.39 is 11.8 Å². The fourth-order valence-electron chi connectivity index (χ4n) is 1.26. The maximum absolute atomic E-state index is 12.9. The maximum Gasteiger partial charge on any atom is 0.337 e. The summed E-state index contributed by atoms with van der Waals surface area (Å²) in [6.07, 6.45) is 0. The highest BCUT2D eigenvalue weighted by Crippen LogP contribution is 2.16. The van der Waals surface area contributed by atoms with E-state index in [9.17, 15) is 9.18 Å². The molecule has 0 bridgehead atoms. The van der Waals surface area contributed by atoms with Crippen molar-refractivity contribution in [1.29, 1.82) is 0 Å². The van der Waals surface area contributed by atoms with E-state index in [1.807, 2.05) is 19.0 Å². The molecule has 0 aliphatic carbocycles. The number of aromatic carboxylic acids is 1. The molecule has 0 unspecified atom stereocenters. The van der Waals surface area contributed by atoms with Gasteiger partial charge in [0.2, 0.25) is 0 Å². The largest absolute Gasteiger partial charge is 0.478 e. The van der Waals surface area contributed by atoms with Gasteiger partial charge in [-0.05, 0) is 32.3 Å². The van der Waals surface area contributed by atoms with Gasteiger partial charge in [-0.2, -0.15) is 0 Å². The average Bonchev–Trinajstić information content (AvgIpc) is 2.19. The van der Waals surface area contributed by atoms with Crippen LogP contribution in [0.25, 0.3) is 0 Å². The smallest absolute Gasteiger partial charge is 0.337 e. The molecule has 0 amide bonds. The van der Waals surface area contributed by atoms with E-state index in [1.165, 1.54) is 12.1 Å². The van der Waals surface area contributed by atoms with Crippen LogP contribution in [0.2, 0.25) is 0 Å². The number of halogens is 1. The van der Waals surface area contributed by atoms with E-state index in [-0.39, 0.29) is 5.56 Å². The topological polar surface area (TPSA) is 52.6 Å². The molecule has 0 aliphatic rings. The number of nitrogens with one attached hydrogen (secondary N) is 1. The van der Waals surface area contributed by atoms with Gasteiger partial charge in [0.1, 0.15) is 5.82 Å². The first-order chi connectivity index (χ1) is 7.50. The first-order valence-electron chi connectivity index (χ1n) is 4.92. The number of benzene rings is 1. The fourth-order valence-corrected chi connectivity index (χ4v) is 1.26. The molecule has 0 spiro atoms. The zero-order valence-electron chi connectivity index (χ0n) is 9.33. The second kappa shape index (κ2) is 5.46. The zero-order valence-corrected chi connectivity index (χ0v) is 9.33. The zero-order chi connectivity index (χ0) is 12.1. The van der Waals surface area contributed by atoms with Gasteiger partial charge in [-0.1, -0.05) is 0 Å². The van der Waals surface area contributed by atoms with Crippen molar-refractivity contribution in [2.24, 2.45) is 0 Å². The number of hydrogen-bond donors (Lipinski definition) is 2. The number of anilines is 1. The van der Waals surface area contributed by atoms with Crippen molar-refractivity contribution in [3.63, 3.8) is 0 Å². The molecule has 0 radical (unpaired) electrons. The summed E-state index contributed by atoms with van der Waals surface area (Å²) in [5, 5.41) is 11.8. The van der Waals surface area contributed by atoms with Gasteiger partial charge in [0, 0.05) is 18.8 Å². The molecule has 88 valence electrons. The molecule has 0 aromatic heterocycles. The van der Waals surface area contributed by atoms with Crippen LogP contribution in [0, 0.1) is 5.82 Å². The molecule has 0 fully saturated rings. The van der Waals surface area contributed by atoms with Crippen molar-refractivity contribution in [3.05, 3.63) is 29.6 Å². The van der Waals surface area contributed by atoms with Crippen LogP contribution in [0.15, 0.2) is 18.2 Å². The summed E-state index contributed by atoms with van der Waals surface area (Å²) in [5.41, 5.74) is 0.398. The molecule has 16 heavy (non-hydrogen) atoms.